The van der Waals surface area contributed by atoms with Crippen molar-refractivity contribution in [1.82, 2.24) is 19.7 Å². The van der Waals surface area contributed by atoms with Gasteiger partial charge in [-0.1, -0.05) is 36.4 Å². The van der Waals surface area contributed by atoms with E-state index in [1.54, 1.807) is 13.4 Å². The Labute approximate surface area is 176 Å². The zero-order chi connectivity index (χ0) is 20.5. The smallest absolute Gasteiger partial charge is 0.225 e. The van der Waals surface area contributed by atoms with Crippen LogP contribution in [-0.2, 0) is 11.3 Å². The summed E-state index contributed by atoms with van der Waals surface area (Å²) in [6, 6.07) is 16.5. The predicted molar refractivity (Wildman–Crippen MR) is 115 cm³/mol. The molecule has 1 saturated heterocycles. The highest BCUT2D eigenvalue weighted by Crippen LogP contribution is 2.33. The number of hydrogen-bond donors (Lipinski definition) is 0. The number of amides is 1. The summed E-state index contributed by atoms with van der Waals surface area (Å²) in [5, 5.41) is 8.51. The van der Waals surface area contributed by atoms with Gasteiger partial charge in [-0.3, -0.25) is 4.79 Å². The van der Waals surface area contributed by atoms with Gasteiger partial charge in [-0.25, -0.2) is 0 Å². The highest BCUT2D eigenvalue weighted by molar-refractivity contribution is 5.81. The third-order valence-electron chi connectivity index (χ3n) is 6.16. The van der Waals surface area contributed by atoms with Gasteiger partial charge in [0.25, 0.3) is 0 Å². The zero-order valence-electron chi connectivity index (χ0n) is 17.2. The van der Waals surface area contributed by atoms with Crippen LogP contribution in [0.1, 0.15) is 19.3 Å². The van der Waals surface area contributed by atoms with Crippen molar-refractivity contribution in [2.24, 2.45) is 11.8 Å². The van der Waals surface area contributed by atoms with Crippen molar-refractivity contribution in [3.05, 3.63) is 54.9 Å². The maximum atomic E-state index is 12.3. The Balaban J connectivity index is 1.28. The van der Waals surface area contributed by atoms with E-state index in [2.05, 4.69) is 56.1 Å². The molecule has 1 saturated carbocycles. The molecule has 1 amide bonds. The fourth-order valence-corrected chi connectivity index (χ4v) is 4.26. The van der Waals surface area contributed by atoms with E-state index in [9.17, 15) is 4.79 Å². The summed E-state index contributed by atoms with van der Waals surface area (Å²) in [5.74, 6) is 2.85. The van der Waals surface area contributed by atoms with Crippen LogP contribution in [0.5, 0.6) is 5.75 Å². The van der Waals surface area contributed by atoms with Gasteiger partial charge in [0.05, 0.1) is 7.11 Å². The van der Waals surface area contributed by atoms with Gasteiger partial charge < -0.3 is 14.2 Å². The molecule has 154 valence electrons. The quantitative estimate of drug-likeness (QED) is 0.628. The maximum Gasteiger partial charge on any atom is 0.225 e. The first kappa shape index (κ1) is 18.9. The van der Waals surface area contributed by atoms with Gasteiger partial charge >= 0.3 is 0 Å². The molecule has 0 bridgehead atoms. The number of carbonyl (C=O) groups is 1. The predicted octanol–water partition coefficient (Wildman–Crippen LogP) is 3.88. The molecule has 2 heterocycles. The Hall–Kier alpha value is -3.15. The summed E-state index contributed by atoms with van der Waals surface area (Å²) in [6.07, 6.45) is 4.99. The maximum absolute atomic E-state index is 12.3. The van der Waals surface area contributed by atoms with E-state index in [1.165, 1.54) is 0 Å². The molecule has 2 aromatic carbocycles. The Morgan fingerprint density at radius 1 is 1.00 bits per heavy atom. The van der Waals surface area contributed by atoms with Crippen LogP contribution in [0.3, 0.4) is 0 Å². The molecule has 1 atom stereocenters. The molecule has 0 radical (unpaired) electrons. The van der Waals surface area contributed by atoms with Gasteiger partial charge in [0.15, 0.2) is 5.82 Å². The van der Waals surface area contributed by atoms with E-state index >= 15 is 0 Å². The average Bonchev–Trinajstić information content (AvgIpc) is 3.37. The Kier molecular flexibility index (Phi) is 4.99. The van der Waals surface area contributed by atoms with Crippen molar-refractivity contribution in [2.45, 2.75) is 25.8 Å². The van der Waals surface area contributed by atoms with Crippen LogP contribution >= 0.6 is 0 Å². The van der Waals surface area contributed by atoms with Crippen LogP contribution in [-0.4, -0.2) is 45.8 Å². The molecular formula is C24H26N4O2. The summed E-state index contributed by atoms with van der Waals surface area (Å²) in [6.45, 7) is 2.58. The first-order valence-electron chi connectivity index (χ1n) is 10.6. The number of ether oxygens (including phenoxy) is 1. The lowest BCUT2D eigenvalue weighted by Crippen LogP contribution is -2.30. The number of aromatic nitrogens is 3. The summed E-state index contributed by atoms with van der Waals surface area (Å²) in [7, 11) is 1.67. The number of benzene rings is 2. The van der Waals surface area contributed by atoms with Crippen molar-refractivity contribution in [1.29, 1.82) is 0 Å². The molecule has 30 heavy (non-hydrogen) atoms. The van der Waals surface area contributed by atoms with Crippen LogP contribution in [0.15, 0.2) is 54.9 Å². The molecule has 1 aliphatic heterocycles. The first-order chi connectivity index (χ1) is 14.7. The lowest BCUT2D eigenvalue weighted by molar-refractivity contribution is -0.131. The molecule has 0 N–H and O–H groups in total. The monoisotopic (exact) mass is 402 g/mol. The fraction of sp³-hybridized carbons (Fsp3) is 0.375. The lowest BCUT2D eigenvalue weighted by atomic mass is 10.0. The second kappa shape index (κ2) is 7.94. The van der Waals surface area contributed by atoms with Gasteiger partial charge in [-0.15, -0.1) is 10.2 Å². The van der Waals surface area contributed by atoms with Crippen molar-refractivity contribution in [3.63, 3.8) is 0 Å². The number of rotatable bonds is 6. The third kappa shape index (κ3) is 3.82. The van der Waals surface area contributed by atoms with Crippen LogP contribution in [0.2, 0.25) is 0 Å². The highest BCUT2D eigenvalue weighted by atomic mass is 16.5. The van der Waals surface area contributed by atoms with Gasteiger partial charge in [0, 0.05) is 31.1 Å². The summed E-state index contributed by atoms with van der Waals surface area (Å²) >= 11 is 0. The fourth-order valence-electron chi connectivity index (χ4n) is 4.26. The SMILES string of the molecule is COc1ccc(-c2ccc(-c3nncn3C[C@H]3CCN(C(=O)C4CC4)C3)cc2)cc1. The van der Waals surface area contributed by atoms with E-state index in [-0.39, 0.29) is 0 Å². The molecule has 3 aromatic rings. The molecule has 5 rings (SSSR count). The summed E-state index contributed by atoms with van der Waals surface area (Å²) in [5.41, 5.74) is 3.35. The van der Waals surface area contributed by atoms with E-state index in [1.807, 2.05) is 12.1 Å². The minimum atomic E-state index is 0.304. The number of nitrogens with zero attached hydrogens (tertiary/aromatic N) is 4. The molecule has 2 fully saturated rings. The summed E-state index contributed by atoms with van der Waals surface area (Å²) < 4.78 is 7.36. The van der Waals surface area contributed by atoms with E-state index in [4.69, 9.17) is 4.74 Å². The molecule has 1 aliphatic carbocycles. The molecule has 0 unspecified atom stereocenters. The third-order valence-corrected chi connectivity index (χ3v) is 6.16. The number of hydrogen-bond acceptors (Lipinski definition) is 4. The van der Waals surface area contributed by atoms with Crippen molar-refractivity contribution in [2.75, 3.05) is 20.2 Å². The molecule has 2 aliphatic rings. The van der Waals surface area contributed by atoms with Crippen LogP contribution in [0.4, 0.5) is 0 Å². The van der Waals surface area contributed by atoms with Crippen molar-refractivity contribution >= 4 is 5.91 Å². The minimum absolute atomic E-state index is 0.304. The molecular weight excluding hydrogens is 376 g/mol. The minimum Gasteiger partial charge on any atom is -0.497 e. The second-order valence-electron chi connectivity index (χ2n) is 8.33. The van der Waals surface area contributed by atoms with Crippen LogP contribution in [0.25, 0.3) is 22.5 Å². The molecule has 6 nitrogen and oxygen atoms in total. The first-order valence-corrected chi connectivity index (χ1v) is 10.6. The average molecular weight is 402 g/mol. The van der Waals surface area contributed by atoms with E-state index < -0.39 is 0 Å². The molecule has 0 spiro atoms. The summed E-state index contributed by atoms with van der Waals surface area (Å²) in [4.78, 5) is 14.4. The Morgan fingerprint density at radius 2 is 1.67 bits per heavy atom. The van der Waals surface area contributed by atoms with Gasteiger partial charge in [-0.05, 0) is 48.4 Å². The Bertz CT molecular complexity index is 1020. The lowest BCUT2D eigenvalue weighted by Gasteiger charge is -2.17. The largest absolute Gasteiger partial charge is 0.497 e. The number of carbonyl (C=O) groups excluding carboxylic acids is 1. The van der Waals surface area contributed by atoms with Crippen LogP contribution < -0.4 is 4.74 Å². The van der Waals surface area contributed by atoms with Crippen molar-refractivity contribution in [3.8, 4) is 28.3 Å². The van der Waals surface area contributed by atoms with Crippen molar-refractivity contribution < 1.29 is 9.53 Å². The number of methoxy groups -OCH3 is 1. The van der Waals surface area contributed by atoms with E-state index in [0.717, 1.165) is 67.2 Å². The Morgan fingerprint density at radius 3 is 2.33 bits per heavy atom. The van der Waals surface area contributed by atoms with Gasteiger partial charge in [0.1, 0.15) is 12.1 Å². The molecule has 6 heteroatoms. The topological polar surface area (TPSA) is 60.3 Å². The highest BCUT2D eigenvalue weighted by Gasteiger charge is 2.36. The van der Waals surface area contributed by atoms with E-state index in [0.29, 0.717) is 17.7 Å². The second-order valence-corrected chi connectivity index (χ2v) is 8.33. The normalized spacial score (nSPS) is 18.6. The van der Waals surface area contributed by atoms with Gasteiger partial charge in [-0.2, -0.15) is 0 Å². The molecule has 1 aromatic heterocycles. The zero-order valence-corrected chi connectivity index (χ0v) is 17.2. The van der Waals surface area contributed by atoms with Gasteiger partial charge in [0.2, 0.25) is 5.91 Å². The van der Waals surface area contributed by atoms with Crippen LogP contribution in [0, 0.1) is 11.8 Å². The number of likely N-dealkylation sites (tertiary alicyclic amines) is 1. The standard InChI is InChI=1S/C24H26N4O2/c1-30-22-10-8-19(9-11-22)18-2-4-20(5-3-18)23-26-25-16-28(23)15-17-12-13-27(14-17)24(29)21-6-7-21/h2-5,8-11,16-17,21H,6-7,12-15H2,1H3/t17-/m0/s1.